The zero-order valence-electron chi connectivity index (χ0n) is 10.2. The molecule has 20 heavy (non-hydrogen) atoms. The maximum atomic E-state index is 11.4. The Morgan fingerprint density at radius 1 is 1.50 bits per heavy atom. The minimum Gasteiger partial charge on any atom is -0.299 e. The molecule has 2 rings (SSSR count). The first-order valence-electron chi connectivity index (χ1n) is 5.50. The van der Waals surface area contributed by atoms with E-state index in [9.17, 15) is 14.9 Å². The monoisotopic (exact) mass is 312 g/mol. The van der Waals surface area contributed by atoms with E-state index in [0.717, 1.165) is 11.3 Å². The zero-order valence-corrected chi connectivity index (χ0v) is 11.8. The molecule has 104 valence electrons. The summed E-state index contributed by atoms with van der Waals surface area (Å²) < 4.78 is 0. The third-order valence-corrected chi connectivity index (χ3v) is 3.41. The molecule has 1 aromatic heterocycles. The topological polar surface area (TPSA) is 98.0 Å². The number of aromatic nitrogens is 2. The number of nitrogens with zero attached hydrogens (tertiary/aromatic N) is 3. The van der Waals surface area contributed by atoms with Crippen LogP contribution < -0.4 is 5.32 Å². The summed E-state index contributed by atoms with van der Waals surface area (Å²) in [6.07, 6.45) is 0. The quantitative estimate of drug-likeness (QED) is 0.531. The normalized spacial score (nSPS) is 11.9. The van der Waals surface area contributed by atoms with Crippen molar-refractivity contribution in [3.63, 3.8) is 0 Å². The first-order chi connectivity index (χ1) is 9.47. The number of nitro benzene ring substituents is 1. The Labute approximate surface area is 122 Å². The highest BCUT2D eigenvalue weighted by Gasteiger charge is 2.14. The molecule has 1 N–H and O–H groups in total. The van der Waals surface area contributed by atoms with E-state index >= 15 is 0 Å². The Balaban J connectivity index is 2.22. The van der Waals surface area contributed by atoms with Crippen LogP contribution in [0.5, 0.6) is 0 Å². The van der Waals surface area contributed by atoms with Crippen LogP contribution in [0, 0.1) is 10.1 Å². The molecule has 1 aromatic carbocycles. The van der Waals surface area contributed by atoms with Gasteiger partial charge in [-0.2, -0.15) is 0 Å². The average Bonchev–Trinajstić information content (AvgIpc) is 2.87. The van der Waals surface area contributed by atoms with Crippen LogP contribution in [0.1, 0.15) is 6.92 Å². The third-order valence-electron chi connectivity index (χ3n) is 2.32. The molecule has 0 fully saturated rings. The second-order valence-corrected chi connectivity index (χ2v) is 5.46. The van der Waals surface area contributed by atoms with Gasteiger partial charge in [0.15, 0.2) is 0 Å². The number of benzene rings is 1. The molecule has 0 saturated heterocycles. The lowest BCUT2D eigenvalue weighted by molar-refractivity contribution is -0.384. The number of nitro groups is 1. The van der Waals surface area contributed by atoms with Gasteiger partial charge in [-0.25, -0.2) is 0 Å². The van der Waals surface area contributed by atoms with Crippen molar-refractivity contribution in [3.8, 4) is 10.6 Å². The summed E-state index contributed by atoms with van der Waals surface area (Å²) in [5.74, 6) is -0.381. The molecule has 0 spiro atoms. The lowest BCUT2D eigenvalue weighted by Gasteiger charge is -2.00. The van der Waals surface area contributed by atoms with Gasteiger partial charge in [0.05, 0.1) is 4.92 Å². The van der Waals surface area contributed by atoms with Gasteiger partial charge in [0.25, 0.3) is 5.69 Å². The van der Waals surface area contributed by atoms with Gasteiger partial charge < -0.3 is 0 Å². The first kappa shape index (κ1) is 14.4. The number of amides is 1. The molecule has 9 heteroatoms. The average molecular weight is 313 g/mol. The SMILES string of the molecule is CC(Cl)C(=O)Nc1nnc(-c2cccc([N+](=O)[O-])c2)s1. The van der Waals surface area contributed by atoms with Gasteiger partial charge in [0, 0.05) is 17.7 Å². The molecular weight excluding hydrogens is 304 g/mol. The number of halogens is 1. The van der Waals surface area contributed by atoms with Gasteiger partial charge >= 0.3 is 0 Å². The number of carbonyl (C=O) groups excluding carboxylic acids is 1. The number of rotatable bonds is 4. The molecule has 1 heterocycles. The molecule has 1 unspecified atom stereocenters. The summed E-state index contributed by atoms with van der Waals surface area (Å²) in [5, 5.41) is 21.0. The zero-order chi connectivity index (χ0) is 14.7. The Morgan fingerprint density at radius 2 is 2.25 bits per heavy atom. The molecule has 1 amide bonds. The van der Waals surface area contributed by atoms with Crippen molar-refractivity contribution in [1.82, 2.24) is 10.2 Å². The Kier molecular flexibility index (Phi) is 4.26. The number of hydrogen-bond donors (Lipinski definition) is 1. The minimum absolute atomic E-state index is 0.0299. The smallest absolute Gasteiger partial charge is 0.270 e. The van der Waals surface area contributed by atoms with Crippen molar-refractivity contribution in [1.29, 1.82) is 0 Å². The summed E-state index contributed by atoms with van der Waals surface area (Å²) in [4.78, 5) is 21.6. The van der Waals surface area contributed by atoms with Gasteiger partial charge in [-0.05, 0) is 6.92 Å². The number of non-ortho nitro benzene ring substituents is 1. The third kappa shape index (κ3) is 3.28. The fourth-order valence-corrected chi connectivity index (χ4v) is 2.15. The Hall–Kier alpha value is -2.06. The van der Waals surface area contributed by atoms with E-state index in [1.807, 2.05) is 0 Å². The van der Waals surface area contributed by atoms with E-state index in [2.05, 4.69) is 15.5 Å². The number of nitrogens with one attached hydrogen (secondary N) is 1. The van der Waals surface area contributed by atoms with Crippen LogP contribution in [0.15, 0.2) is 24.3 Å². The van der Waals surface area contributed by atoms with Crippen LogP contribution in [0.3, 0.4) is 0 Å². The van der Waals surface area contributed by atoms with Gasteiger partial charge in [-0.15, -0.1) is 21.8 Å². The molecule has 0 aliphatic rings. The highest BCUT2D eigenvalue weighted by Crippen LogP contribution is 2.28. The molecule has 2 aromatic rings. The second-order valence-electron chi connectivity index (χ2n) is 3.83. The van der Waals surface area contributed by atoms with E-state index in [1.54, 1.807) is 19.1 Å². The lowest BCUT2D eigenvalue weighted by atomic mass is 10.2. The highest BCUT2D eigenvalue weighted by molar-refractivity contribution is 7.18. The van der Waals surface area contributed by atoms with Crippen LogP contribution in [-0.4, -0.2) is 26.4 Å². The highest BCUT2D eigenvalue weighted by atomic mass is 35.5. The molecular formula is C11H9ClN4O3S. The van der Waals surface area contributed by atoms with Gasteiger partial charge in [-0.1, -0.05) is 23.5 Å². The maximum Gasteiger partial charge on any atom is 0.270 e. The molecule has 1 atom stereocenters. The van der Waals surface area contributed by atoms with E-state index in [4.69, 9.17) is 11.6 Å². The number of anilines is 1. The van der Waals surface area contributed by atoms with Gasteiger partial charge in [-0.3, -0.25) is 20.2 Å². The van der Waals surface area contributed by atoms with Crippen LogP contribution in [-0.2, 0) is 4.79 Å². The standard InChI is InChI=1S/C11H9ClN4O3S/c1-6(12)9(17)13-11-15-14-10(20-11)7-3-2-4-8(5-7)16(18)19/h2-6H,1H3,(H,13,15,17). The first-order valence-corrected chi connectivity index (χ1v) is 6.76. The van der Waals surface area contributed by atoms with Gasteiger partial charge in [0.2, 0.25) is 11.0 Å². The van der Waals surface area contributed by atoms with E-state index in [1.165, 1.54) is 12.1 Å². The van der Waals surface area contributed by atoms with Gasteiger partial charge in [0.1, 0.15) is 10.4 Å². The summed E-state index contributed by atoms with van der Waals surface area (Å²) in [5.41, 5.74) is 0.536. The number of alkyl halides is 1. The maximum absolute atomic E-state index is 11.4. The lowest BCUT2D eigenvalue weighted by Crippen LogP contribution is -2.20. The van der Waals surface area contributed by atoms with Crippen LogP contribution in [0.4, 0.5) is 10.8 Å². The minimum atomic E-state index is -0.680. The van der Waals surface area contributed by atoms with Crippen LogP contribution in [0.2, 0.25) is 0 Å². The molecule has 0 aliphatic heterocycles. The van der Waals surface area contributed by atoms with Crippen LogP contribution >= 0.6 is 22.9 Å². The fraction of sp³-hybridized carbons (Fsp3) is 0.182. The molecule has 0 bridgehead atoms. The van der Waals surface area contributed by atoms with Crippen molar-refractivity contribution in [3.05, 3.63) is 34.4 Å². The van der Waals surface area contributed by atoms with Crippen molar-refractivity contribution < 1.29 is 9.72 Å². The summed E-state index contributed by atoms with van der Waals surface area (Å²) >= 11 is 6.74. The molecule has 0 aliphatic carbocycles. The predicted octanol–water partition coefficient (Wildman–Crippen LogP) is 2.68. The van der Waals surface area contributed by atoms with Crippen molar-refractivity contribution in [2.75, 3.05) is 5.32 Å². The predicted molar refractivity (Wildman–Crippen MR) is 75.9 cm³/mol. The largest absolute Gasteiger partial charge is 0.299 e. The summed E-state index contributed by atoms with van der Waals surface area (Å²) in [6.45, 7) is 1.54. The summed E-state index contributed by atoms with van der Waals surface area (Å²) in [7, 11) is 0. The fourth-order valence-electron chi connectivity index (χ4n) is 1.35. The summed E-state index contributed by atoms with van der Waals surface area (Å²) in [6, 6.07) is 6.04. The molecule has 0 saturated carbocycles. The van der Waals surface area contributed by atoms with Crippen molar-refractivity contribution >= 4 is 39.7 Å². The van der Waals surface area contributed by atoms with E-state index in [0.29, 0.717) is 15.7 Å². The van der Waals surface area contributed by atoms with E-state index < -0.39 is 10.3 Å². The molecule has 7 nitrogen and oxygen atoms in total. The molecule has 0 radical (unpaired) electrons. The van der Waals surface area contributed by atoms with Crippen molar-refractivity contribution in [2.45, 2.75) is 12.3 Å². The second kappa shape index (κ2) is 5.93. The number of hydrogen-bond acceptors (Lipinski definition) is 6. The Bertz CT molecular complexity index is 659. The Morgan fingerprint density at radius 3 is 2.90 bits per heavy atom. The number of carbonyl (C=O) groups is 1. The van der Waals surface area contributed by atoms with E-state index in [-0.39, 0.29) is 11.6 Å². The van der Waals surface area contributed by atoms with Crippen molar-refractivity contribution in [2.24, 2.45) is 0 Å². The van der Waals surface area contributed by atoms with Crippen LogP contribution in [0.25, 0.3) is 10.6 Å².